The first-order valence-electron chi connectivity index (χ1n) is 21.3. The molecule has 0 bridgehead atoms. The van der Waals surface area contributed by atoms with Gasteiger partial charge in [-0.25, -0.2) is 0 Å². The summed E-state index contributed by atoms with van der Waals surface area (Å²) in [4.78, 5) is 23.3. The highest BCUT2D eigenvalue weighted by Gasteiger charge is 2.11. The topological polar surface area (TPSA) is 63.6 Å². The Morgan fingerprint density at radius 1 is 0.479 bits per heavy atom. The van der Waals surface area contributed by atoms with Gasteiger partial charge in [0, 0.05) is 12.8 Å². The second kappa shape index (κ2) is 39.9. The van der Waals surface area contributed by atoms with Gasteiger partial charge >= 0.3 is 11.9 Å². The van der Waals surface area contributed by atoms with Crippen molar-refractivity contribution in [3.63, 3.8) is 0 Å². The van der Waals surface area contributed by atoms with Gasteiger partial charge in [0.05, 0.1) is 0 Å². The van der Waals surface area contributed by atoms with Crippen molar-refractivity contribution in [2.24, 2.45) is 0 Å². The minimum atomic E-state index is -0.701. The van der Waals surface area contributed by atoms with Crippen molar-refractivity contribution in [2.75, 3.05) is 0 Å². The van der Waals surface area contributed by atoms with Crippen LogP contribution in [0.4, 0.5) is 0 Å². The Bertz CT molecular complexity index is 727. The third kappa shape index (κ3) is 38.9. The molecule has 0 aliphatic rings. The summed E-state index contributed by atoms with van der Waals surface area (Å²) < 4.78 is 5.91. The molecule has 0 aromatic heterocycles. The molecule has 0 heterocycles. The number of carboxylic acid groups (broad SMARTS) is 1. The normalized spacial score (nSPS) is 12.4. The van der Waals surface area contributed by atoms with Gasteiger partial charge < -0.3 is 9.84 Å². The summed E-state index contributed by atoms with van der Waals surface area (Å²) in [5.41, 5.74) is 0. The Hall–Kier alpha value is -1.58. The number of rotatable bonds is 39. The molecule has 0 spiro atoms. The lowest BCUT2D eigenvalue weighted by Gasteiger charge is -2.14. The maximum absolute atomic E-state index is 12.6. The van der Waals surface area contributed by atoms with Crippen LogP contribution in [0.3, 0.4) is 0 Å². The second-order valence-corrected chi connectivity index (χ2v) is 14.5. The van der Waals surface area contributed by atoms with Gasteiger partial charge in [0.2, 0.25) is 0 Å². The van der Waals surface area contributed by atoms with Crippen molar-refractivity contribution >= 4 is 11.9 Å². The molecule has 0 aromatic rings. The number of carbonyl (C=O) groups excluding carboxylic acids is 1. The average molecular weight is 675 g/mol. The van der Waals surface area contributed by atoms with Gasteiger partial charge in [-0.1, -0.05) is 199 Å². The largest absolute Gasteiger partial charge is 0.481 e. The smallest absolute Gasteiger partial charge is 0.306 e. The highest BCUT2D eigenvalue weighted by molar-refractivity contribution is 5.69. The lowest BCUT2D eigenvalue weighted by Crippen LogP contribution is -2.16. The predicted molar refractivity (Wildman–Crippen MR) is 209 cm³/mol. The van der Waals surface area contributed by atoms with Crippen molar-refractivity contribution in [1.82, 2.24) is 0 Å². The van der Waals surface area contributed by atoms with Crippen LogP contribution in [0.1, 0.15) is 239 Å². The number of unbranched alkanes of at least 4 members (excludes halogenated alkanes) is 28. The Morgan fingerprint density at radius 2 is 0.875 bits per heavy atom. The Labute approximate surface area is 299 Å². The van der Waals surface area contributed by atoms with Crippen LogP contribution in [0.5, 0.6) is 0 Å². The van der Waals surface area contributed by atoms with Crippen LogP contribution in [-0.4, -0.2) is 23.1 Å². The average Bonchev–Trinajstić information content (AvgIpc) is 3.07. The number of esters is 1. The Morgan fingerprint density at radius 3 is 1.33 bits per heavy atom. The Kier molecular flexibility index (Phi) is 38.5. The van der Waals surface area contributed by atoms with E-state index in [1.165, 1.54) is 141 Å². The number of ether oxygens (including phenoxy) is 1. The van der Waals surface area contributed by atoms with E-state index in [2.05, 4.69) is 38.2 Å². The predicted octanol–water partition coefficient (Wildman–Crippen LogP) is 14.8. The number of carboxylic acids is 1. The number of allylic oxidation sites excluding steroid dienone is 3. The summed E-state index contributed by atoms with van der Waals surface area (Å²) >= 11 is 0. The third-order valence-electron chi connectivity index (χ3n) is 9.66. The van der Waals surface area contributed by atoms with E-state index in [0.29, 0.717) is 6.42 Å². The van der Waals surface area contributed by atoms with Crippen LogP contribution in [-0.2, 0) is 14.3 Å². The molecule has 48 heavy (non-hydrogen) atoms. The molecule has 0 aromatic carbocycles. The maximum Gasteiger partial charge on any atom is 0.306 e. The van der Waals surface area contributed by atoms with Crippen LogP contribution in [0, 0.1) is 0 Å². The third-order valence-corrected chi connectivity index (χ3v) is 9.66. The molecule has 1 atom stereocenters. The van der Waals surface area contributed by atoms with Gasteiger partial charge in [-0.05, 0) is 51.0 Å². The lowest BCUT2D eigenvalue weighted by molar-refractivity contribution is -0.147. The molecule has 0 saturated heterocycles. The fourth-order valence-corrected chi connectivity index (χ4v) is 6.49. The van der Waals surface area contributed by atoms with Crippen molar-refractivity contribution in [1.29, 1.82) is 0 Å². The second-order valence-electron chi connectivity index (χ2n) is 14.5. The number of aliphatic carboxylic acids is 1. The van der Waals surface area contributed by atoms with Crippen molar-refractivity contribution in [3.05, 3.63) is 24.3 Å². The first kappa shape index (κ1) is 46.4. The summed E-state index contributed by atoms with van der Waals surface area (Å²) in [6, 6.07) is 0. The summed E-state index contributed by atoms with van der Waals surface area (Å²) in [7, 11) is 0. The quantitative estimate of drug-likeness (QED) is 0.0400. The molecule has 4 heteroatoms. The van der Waals surface area contributed by atoms with E-state index >= 15 is 0 Å². The Balaban J connectivity index is 3.87. The lowest BCUT2D eigenvalue weighted by atomic mass is 10.0. The number of carbonyl (C=O) groups is 2. The van der Waals surface area contributed by atoms with Gasteiger partial charge in [-0.3, -0.25) is 9.59 Å². The van der Waals surface area contributed by atoms with E-state index in [1.807, 2.05) is 0 Å². The molecular weight excluding hydrogens is 592 g/mol. The van der Waals surface area contributed by atoms with E-state index in [-0.39, 0.29) is 18.5 Å². The number of hydrogen-bond acceptors (Lipinski definition) is 3. The number of hydrogen-bond donors (Lipinski definition) is 1. The van der Waals surface area contributed by atoms with Crippen LogP contribution in [0.15, 0.2) is 24.3 Å². The van der Waals surface area contributed by atoms with Crippen molar-refractivity contribution in [3.8, 4) is 0 Å². The summed E-state index contributed by atoms with van der Waals surface area (Å²) in [6.45, 7) is 4.52. The van der Waals surface area contributed by atoms with E-state index in [1.54, 1.807) is 0 Å². The SMILES string of the molecule is CCCCC/C=C\C/C=C\C(CCCCCCCCC(=O)O)OC(=O)CCCCCCCCCCCCCCCCCCCCCCC. The molecule has 0 aliphatic heterocycles. The van der Waals surface area contributed by atoms with Crippen LogP contribution >= 0.6 is 0 Å². The van der Waals surface area contributed by atoms with Gasteiger partial charge in [-0.2, -0.15) is 0 Å². The van der Waals surface area contributed by atoms with Crippen molar-refractivity contribution in [2.45, 2.75) is 245 Å². The first-order chi connectivity index (χ1) is 23.6. The highest BCUT2D eigenvalue weighted by Crippen LogP contribution is 2.17. The van der Waals surface area contributed by atoms with Crippen LogP contribution < -0.4 is 0 Å². The molecule has 0 saturated carbocycles. The zero-order valence-electron chi connectivity index (χ0n) is 32.3. The molecule has 1 N–H and O–H groups in total. The van der Waals surface area contributed by atoms with Crippen LogP contribution in [0.2, 0.25) is 0 Å². The molecule has 4 nitrogen and oxygen atoms in total. The molecule has 0 amide bonds. The molecule has 0 rings (SSSR count). The van der Waals surface area contributed by atoms with Crippen LogP contribution in [0.25, 0.3) is 0 Å². The minimum absolute atomic E-state index is 0.0498. The van der Waals surface area contributed by atoms with E-state index in [0.717, 1.165) is 70.6 Å². The highest BCUT2D eigenvalue weighted by atomic mass is 16.5. The van der Waals surface area contributed by atoms with Gasteiger partial charge in [0.25, 0.3) is 0 Å². The molecule has 1 unspecified atom stereocenters. The molecule has 282 valence electrons. The molecule has 0 radical (unpaired) electrons. The minimum Gasteiger partial charge on any atom is -0.481 e. The molecule has 0 aliphatic carbocycles. The maximum atomic E-state index is 12.6. The first-order valence-corrected chi connectivity index (χ1v) is 21.3. The van der Waals surface area contributed by atoms with Crippen molar-refractivity contribution < 1.29 is 19.4 Å². The summed E-state index contributed by atoms with van der Waals surface area (Å²) in [6.07, 6.45) is 50.9. The molecule has 0 fully saturated rings. The molecular formula is C44H82O4. The van der Waals surface area contributed by atoms with E-state index in [4.69, 9.17) is 9.84 Å². The summed E-state index contributed by atoms with van der Waals surface area (Å²) in [5, 5.41) is 8.78. The zero-order chi connectivity index (χ0) is 35.0. The van der Waals surface area contributed by atoms with Gasteiger partial charge in [0.15, 0.2) is 0 Å². The fourth-order valence-electron chi connectivity index (χ4n) is 6.49. The standard InChI is InChI=1S/C44H82O4/c1-3-5-7-9-11-13-14-15-16-17-18-19-20-21-22-23-24-25-27-33-37-41-44(47)48-42(38-34-30-26-12-10-8-6-4-2)39-35-31-28-29-32-36-40-43(45)46/h12,26,34,38,42H,3-11,13-25,27-33,35-37,39-41H2,1-2H3,(H,45,46)/b26-12-,38-34-. The van der Waals surface area contributed by atoms with Gasteiger partial charge in [0.1, 0.15) is 6.10 Å². The van der Waals surface area contributed by atoms with E-state index in [9.17, 15) is 9.59 Å². The fraction of sp³-hybridized carbons (Fsp3) is 0.864. The monoisotopic (exact) mass is 675 g/mol. The zero-order valence-corrected chi connectivity index (χ0v) is 32.3. The van der Waals surface area contributed by atoms with E-state index < -0.39 is 5.97 Å². The summed E-state index contributed by atoms with van der Waals surface area (Å²) in [5.74, 6) is -0.751. The van der Waals surface area contributed by atoms with Gasteiger partial charge in [-0.15, -0.1) is 0 Å².